The highest BCUT2D eigenvalue weighted by Crippen LogP contribution is 2.26. The predicted octanol–water partition coefficient (Wildman–Crippen LogP) is 2.51. The van der Waals surface area contributed by atoms with E-state index >= 15 is 0 Å². The van der Waals surface area contributed by atoms with Gasteiger partial charge in [0.05, 0.1) is 17.6 Å². The molecule has 1 amide bonds. The number of anilines is 2. The zero-order valence-corrected chi connectivity index (χ0v) is 12.9. The highest BCUT2D eigenvalue weighted by atomic mass is 16.3. The minimum absolute atomic E-state index is 0.0378. The number of carbonyl (C=O) groups is 1. The fourth-order valence-corrected chi connectivity index (χ4v) is 2.18. The highest BCUT2D eigenvalue weighted by molar-refractivity contribution is 5.96. The molecule has 0 fully saturated rings. The lowest BCUT2D eigenvalue weighted by Crippen LogP contribution is -2.23. The maximum Gasteiger partial charge on any atom is 0.253 e. The third-order valence-electron chi connectivity index (χ3n) is 3.47. The van der Waals surface area contributed by atoms with Crippen LogP contribution in [0.1, 0.15) is 21.7 Å². The zero-order valence-electron chi connectivity index (χ0n) is 12.9. The Morgan fingerprint density at radius 1 is 1.24 bits per heavy atom. The van der Waals surface area contributed by atoms with Gasteiger partial charge in [-0.3, -0.25) is 4.79 Å². The summed E-state index contributed by atoms with van der Waals surface area (Å²) in [5, 5.41) is 0. The predicted molar refractivity (Wildman–Crippen MR) is 84.4 cm³/mol. The smallest absolute Gasteiger partial charge is 0.253 e. The largest absolute Gasteiger partial charge is 0.469 e. The van der Waals surface area contributed by atoms with E-state index in [4.69, 9.17) is 10.2 Å². The quantitative estimate of drug-likeness (QED) is 0.878. The van der Waals surface area contributed by atoms with Crippen molar-refractivity contribution in [2.75, 3.05) is 31.8 Å². The van der Waals surface area contributed by atoms with Crippen LogP contribution in [0.3, 0.4) is 0 Å². The van der Waals surface area contributed by atoms with E-state index in [0.29, 0.717) is 17.8 Å². The molecule has 0 saturated heterocycles. The Kier molecular flexibility index (Phi) is 4.21. The van der Waals surface area contributed by atoms with E-state index in [0.717, 1.165) is 17.0 Å². The van der Waals surface area contributed by atoms with Crippen LogP contribution in [0, 0.1) is 6.92 Å². The molecule has 0 bridgehead atoms. The molecule has 5 heteroatoms. The monoisotopic (exact) mass is 287 g/mol. The van der Waals surface area contributed by atoms with E-state index in [1.54, 1.807) is 37.4 Å². The van der Waals surface area contributed by atoms with Crippen LogP contribution in [-0.4, -0.2) is 32.0 Å². The normalized spacial score (nSPS) is 10.5. The fraction of sp³-hybridized carbons (Fsp3) is 0.312. The average molecular weight is 287 g/mol. The van der Waals surface area contributed by atoms with Gasteiger partial charge in [0, 0.05) is 38.8 Å². The first-order chi connectivity index (χ1) is 9.90. The van der Waals surface area contributed by atoms with Crippen LogP contribution in [-0.2, 0) is 6.54 Å². The summed E-state index contributed by atoms with van der Waals surface area (Å²) < 4.78 is 5.31. The SMILES string of the molecule is Cc1occc1CN(C)c1cc(C(=O)N(C)C)ccc1N. The zero-order chi connectivity index (χ0) is 15.6. The van der Waals surface area contributed by atoms with Crippen molar-refractivity contribution < 1.29 is 9.21 Å². The average Bonchev–Trinajstić information content (AvgIpc) is 2.83. The molecule has 2 aromatic rings. The molecular formula is C16H21N3O2. The third kappa shape index (κ3) is 3.18. The summed E-state index contributed by atoms with van der Waals surface area (Å²) in [6.45, 7) is 2.60. The van der Waals surface area contributed by atoms with Gasteiger partial charge in [0.15, 0.2) is 0 Å². The van der Waals surface area contributed by atoms with E-state index < -0.39 is 0 Å². The van der Waals surface area contributed by atoms with Gasteiger partial charge in [-0.15, -0.1) is 0 Å². The van der Waals surface area contributed by atoms with Crippen LogP contribution in [0.4, 0.5) is 11.4 Å². The van der Waals surface area contributed by atoms with Crippen LogP contribution in [0.25, 0.3) is 0 Å². The fourth-order valence-electron chi connectivity index (χ4n) is 2.18. The second kappa shape index (κ2) is 5.91. The number of hydrogen-bond acceptors (Lipinski definition) is 4. The topological polar surface area (TPSA) is 62.7 Å². The number of rotatable bonds is 4. The molecule has 5 nitrogen and oxygen atoms in total. The standard InChI is InChI=1S/C16H21N3O2/c1-11-13(7-8-21-11)10-19(4)15-9-12(5-6-14(15)17)16(20)18(2)3/h5-9H,10,17H2,1-4H3. The molecule has 112 valence electrons. The maximum atomic E-state index is 12.1. The summed E-state index contributed by atoms with van der Waals surface area (Å²) >= 11 is 0. The van der Waals surface area contributed by atoms with E-state index in [1.807, 2.05) is 31.0 Å². The molecule has 0 aliphatic carbocycles. The van der Waals surface area contributed by atoms with Gasteiger partial charge in [0.1, 0.15) is 5.76 Å². The Balaban J connectivity index is 2.28. The lowest BCUT2D eigenvalue weighted by atomic mass is 10.1. The van der Waals surface area contributed by atoms with Gasteiger partial charge in [0.25, 0.3) is 5.91 Å². The van der Waals surface area contributed by atoms with E-state index in [9.17, 15) is 4.79 Å². The summed E-state index contributed by atoms with van der Waals surface area (Å²) in [5.74, 6) is 0.852. The molecule has 2 rings (SSSR count). The van der Waals surface area contributed by atoms with Crippen LogP contribution < -0.4 is 10.6 Å². The molecule has 0 atom stereocenters. The van der Waals surface area contributed by atoms with Crippen molar-refractivity contribution >= 4 is 17.3 Å². The summed E-state index contributed by atoms with van der Waals surface area (Å²) in [6.07, 6.45) is 1.67. The van der Waals surface area contributed by atoms with Gasteiger partial charge in [-0.05, 0) is 31.2 Å². The molecule has 0 unspecified atom stereocenters. The van der Waals surface area contributed by atoms with E-state index in [2.05, 4.69) is 0 Å². The maximum absolute atomic E-state index is 12.1. The first kappa shape index (κ1) is 15.0. The van der Waals surface area contributed by atoms with Crippen LogP contribution in [0.5, 0.6) is 0 Å². The Morgan fingerprint density at radius 2 is 1.95 bits per heavy atom. The number of carbonyl (C=O) groups excluding carboxylic acids is 1. The molecule has 1 heterocycles. The van der Waals surface area contributed by atoms with Crippen LogP contribution in [0.15, 0.2) is 34.9 Å². The second-order valence-electron chi connectivity index (χ2n) is 5.33. The van der Waals surface area contributed by atoms with Gasteiger partial charge < -0.3 is 20.0 Å². The number of furan rings is 1. The van der Waals surface area contributed by atoms with Crippen molar-refractivity contribution in [2.24, 2.45) is 0 Å². The molecule has 0 radical (unpaired) electrons. The lowest BCUT2D eigenvalue weighted by molar-refractivity contribution is 0.0827. The number of nitrogens with two attached hydrogens (primary N) is 1. The number of benzene rings is 1. The lowest BCUT2D eigenvalue weighted by Gasteiger charge is -2.22. The number of hydrogen-bond donors (Lipinski definition) is 1. The second-order valence-corrected chi connectivity index (χ2v) is 5.33. The number of nitrogens with zero attached hydrogens (tertiary/aromatic N) is 2. The van der Waals surface area contributed by atoms with E-state index in [-0.39, 0.29) is 5.91 Å². The van der Waals surface area contributed by atoms with Crippen molar-refractivity contribution in [2.45, 2.75) is 13.5 Å². The molecule has 0 aliphatic rings. The molecule has 2 N–H and O–H groups in total. The van der Waals surface area contributed by atoms with Crippen LogP contribution >= 0.6 is 0 Å². The minimum atomic E-state index is -0.0378. The molecule has 0 spiro atoms. The molecule has 0 aliphatic heterocycles. The van der Waals surface area contributed by atoms with Crippen molar-refractivity contribution in [3.05, 3.63) is 47.4 Å². The van der Waals surface area contributed by atoms with Crippen molar-refractivity contribution in [1.82, 2.24) is 4.90 Å². The molecule has 1 aromatic carbocycles. The molecule has 0 saturated carbocycles. The van der Waals surface area contributed by atoms with E-state index in [1.165, 1.54) is 0 Å². The van der Waals surface area contributed by atoms with Gasteiger partial charge in [0.2, 0.25) is 0 Å². The number of aryl methyl sites for hydroxylation is 1. The first-order valence-electron chi connectivity index (χ1n) is 6.75. The Hall–Kier alpha value is -2.43. The summed E-state index contributed by atoms with van der Waals surface area (Å²) in [5.41, 5.74) is 9.25. The first-order valence-corrected chi connectivity index (χ1v) is 6.75. The molecule has 21 heavy (non-hydrogen) atoms. The van der Waals surface area contributed by atoms with Crippen LogP contribution in [0.2, 0.25) is 0 Å². The Bertz CT molecular complexity index is 647. The van der Waals surface area contributed by atoms with Gasteiger partial charge in [-0.25, -0.2) is 0 Å². The van der Waals surface area contributed by atoms with Gasteiger partial charge >= 0.3 is 0 Å². The van der Waals surface area contributed by atoms with Gasteiger partial charge in [-0.1, -0.05) is 0 Å². The number of nitrogen functional groups attached to an aromatic ring is 1. The number of amides is 1. The Morgan fingerprint density at radius 3 is 2.52 bits per heavy atom. The minimum Gasteiger partial charge on any atom is -0.469 e. The summed E-state index contributed by atoms with van der Waals surface area (Å²) in [7, 11) is 5.41. The van der Waals surface area contributed by atoms with Gasteiger partial charge in [-0.2, -0.15) is 0 Å². The third-order valence-corrected chi connectivity index (χ3v) is 3.47. The summed E-state index contributed by atoms with van der Waals surface area (Å²) in [4.78, 5) is 15.6. The summed E-state index contributed by atoms with van der Waals surface area (Å²) in [6, 6.07) is 7.28. The molecular weight excluding hydrogens is 266 g/mol. The highest BCUT2D eigenvalue weighted by Gasteiger charge is 2.14. The van der Waals surface area contributed by atoms with Crippen molar-refractivity contribution in [1.29, 1.82) is 0 Å². The van der Waals surface area contributed by atoms with Crippen molar-refractivity contribution in [3.63, 3.8) is 0 Å². The molecule has 1 aromatic heterocycles. The Labute approximate surface area is 124 Å². The van der Waals surface area contributed by atoms with Crippen molar-refractivity contribution in [3.8, 4) is 0 Å².